The topological polar surface area (TPSA) is 79.2 Å². The minimum atomic E-state index is -2.05. The zero-order valence-corrected chi connectivity index (χ0v) is 29.5. The molecule has 2 aromatic carbocycles. The van der Waals surface area contributed by atoms with Gasteiger partial charge in [0, 0.05) is 23.5 Å². The van der Waals surface area contributed by atoms with Crippen LogP contribution in [0.2, 0.25) is 23.2 Å². The van der Waals surface area contributed by atoms with Crippen LogP contribution < -0.4 is 9.64 Å². The van der Waals surface area contributed by atoms with Crippen molar-refractivity contribution in [3.8, 4) is 5.75 Å². The summed E-state index contributed by atoms with van der Waals surface area (Å²) in [5.74, 6) is 1.05. The second-order valence-electron chi connectivity index (χ2n) is 16.0. The highest BCUT2D eigenvalue weighted by atomic mass is 35.5. The number of benzene rings is 2. The normalized spacial score (nSPS) is 29.2. The molecule has 6 nitrogen and oxygen atoms in total. The number of nitrogens with zero attached hydrogens (tertiary/aromatic N) is 1. The molecule has 2 fully saturated rings. The van der Waals surface area contributed by atoms with Crippen molar-refractivity contribution in [2.75, 3.05) is 24.6 Å². The van der Waals surface area contributed by atoms with Crippen LogP contribution >= 0.6 is 11.6 Å². The van der Waals surface area contributed by atoms with Crippen molar-refractivity contribution in [1.29, 1.82) is 0 Å². The number of carbonyl (C=O) groups is 1. The van der Waals surface area contributed by atoms with Crippen LogP contribution in [-0.2, 0) is 16.3 Å². The lowest BCUT2D eigenvalue weighted by atomic mass is 9.65. The monoisotopic (exact) mass is 653 g/mol. The summed E-state index contributed by atoms with van der Waals surface area (Å²) in [5, 5.41) is 21.5. The molecule has 0 aromatic heterocycles. The molecule has 6 rings (SSSR count). The summed E-state index contributed by atoms with van der Waals surface area (Å²) in [6.07, 6.45) is 9.15. The van der Waals surface area contributed by atoms with E-state index in [0.29, 0.717) is 24.4 Å². The molecule has 2 N–H and O–H groups in total. The van der Waals surface area contributed by atoms with Gasteiger partial charge in [-0.3, -0.25) is 0 Å². The number of aryl methyl sites for hydroxylation is 1. The molecule has 3 aliphatic carbocycles. The van der Waals surface area contributed by atoms with Gasteiger partial charge in [-0.25, -0.2) is 4.79 Å². The Morgan fingerprint density at radius 2 is 1.93 bits per heavy atom. The molecular formula is C37H52ClNO5Si. The van der Waals surface area contributed by atoms with Crippen LogP contribution in [0.15, 0.2) is 36.4 Å². The highest BCUT2D eigenvalue weighted by molar-refractivity contribution is 6.74. The Hall–Kier alpha value is -2.06. The molecule has 45 heavy (non-hydrogen) atoms. The number of fused-ring (bicyclic) bond motifs is 3. The third-order valence-corrected chi connectivity index (χ3v) is 16.7. The molecule has 4 aliphatic rings. The van der Waals surface area contributed by atoms with E-state index in [9.17, 15) is 15.0 Å². The molecule has 0 radical (unpaired) electrons. The number of halogens is 1. The van der Waals surface area contributed by atoms with Crippen molar-refractivity contribution in [1.82, 2.24) is 0 Å². The lowest BCUT2D eigenvalue weighted by Gasteiger charge is -2.52. The first-order valence-electron chi connectivity index (χ1n) is 17.2. The number of aliphatic hydroxyl groups is 1. The first-order chi connectivity index (χ1) is 21.3. The van der Waals surface area contributed by atoms with Gasteiger partial charge in [0.1, 0.15) is 5.75 Å². The van der Waals surface area contributed by atoms with Crippen LogP contribution in [0.1, 0.15) is 93.6 Å². The zero-order chi connectivity index (χ0) is 32.1. The van der Waals surface area contributed by atoms with Gasteiger partial charge in [0.25, 0.3) is 0 Å². The standard InChI is InChI=1S/C37H52ClNO5Si/c1-36(2,3)45(4,5)44-34(25-8-6-10-29(40)19-25)30-14-11-27(30)21-39-22-37(17-7-9-24-18-28(38)13-15-31(24)37)23-43-33-16-12-26(35(41)42)20-32(33)39/h12-13,15-16,18,20,25,27,29-30,34,40H,6-11,14,17,19,21-23H2,1-5H3,(H,41,42)/t25-,27+,29+,30-,34-,37?/m1/s1. The third kappa shape index (κ3) is 6.57. The Balaban J connectivity index is 1.34. The predicted molar refractivity (Wildman–Crippen MR) is 183 cm³/mol. The number of rotatable bonds is 7. The summed E-state index contributed by atoms with van der Waals surface area (Å²) in [5.41, 5.74) is 3.58. The summed E-state index contributed by atoms with van der Waals surface area (Å²) in [6.45, 7) is 13.8. The number of carboxylic acid groups (broad SMARTS) is 1. The SMILES string of the molecule is CC(C)(C)[Si](C)(C)O[C@H]([C@@H]1CCC[C@H](O)C1)[C@@H]1CC[C@H]1CN1CC2(CCCc3cc(Cl)ccc32)COc2ccc(C(=O)O)cc21. The fraction of sp³-hybridized carbons (Fsp3) is 0.649. The van der Waals surface area contributed by atoms with Crippen LogP contribution in [0, 0.1) is 17.8 Å². The second kappa shape index (κ2) is 12.5. The molecule has 1 spiro atoms. The molecule has 2 aromatic rings. The lowest BCUT2D eigenvalue weighted by molar-refractivity contribution is -0.0409. The highest BCUT2D eigenvalue weighted by Gasteiger charge is 2.49. The van der Waals surface area contributed by atoms with Crippen molar-refractivity contribution in [3.05, 3.63) is 58.1 Å². The first-order valence-corrected chi connectivity index (χ1v) is 20.4. The van der Waals surface area contributed by atoms with E-state index in [-0.39, 0.29) is 28.2 Å². The van der Waals surface area contributed by atoms with E-state index in [1.807, 2.05) is 18.2 Å². The van der Waals surface area contributed by atoms with Gasteiger partial charge in [-0.15, -0.1) is 0 Å². The Kier molecular flexibility index (Phi) is 9.14. The summed E-state index contributed by atoms with van der Waals surface area (Å²) in [6, 6.07) is 11.6. The van der Waals surface area contributed by atoms with Crippen LogP contribution in [0.5, 0.6) is 5.75 Å². The average molecular weight is 654 g/mol. The van der Waals surface area contributed by atoms with Crippen LogP contribution in [0.3, 0.4) is 0 Å². The van der Waals surface area contributed by atoms with Gasteiger partial charge < -0.3 is 24.3 Å². The van der Waals surface area contributed by atoms with E-state index in [2.05, 4.69) is 50.9 Å². The fourth-order valence-electron chi connectivity index (χ4n) is 8.33. The number of aromatic carboxylic acids is 1. The number of hydrogen-bond acceptors (Lipinski definition) is 5. The van der Waals surface area contributed by atoms with E-state index in [1.54, 1.807) is 6.07 Å². The van der Waals surface area contributed by atoms with Gasteiger partial charge in [0.2, 0.25) is 0 Å². The Morgan fingerprint density at radius 1 is 1.13 bits per heavy atom. The molecule has 6 atom stereocenters. The van der Waals surface area contributed by atoms with E-state index in [1.165, 1.54) is 11.1 Å². The predicted octanol–water partition coefficient (Wildman–Crippen LogP) is 8.48. The highest BCUT2D eigenvalue weighted by Crippen LogP contribution is 2.50. The lowest BCUT2D eigenvalue weighted by Crippen LogP contribution is -2.54. The number of aliphatic hydroxyl groups excluding tert-OH is 1. The van der Waals surface area contributed by atoms with Crippen molar-refractivity contribution < 1.29 is 24.2 Å². The van der Waals surface area contributed by atoms with Gasteiger partial charge in [-0.05, 0) is 129 Å². The number of hydrogen-bond donors (Lipinski definition) is 2. The minimum absolute atomic E-state index is 0.107. The smallest absolute Gasteiger partial charge is 0.335 e. The van der Waals surface area contributed by atoms with Gasteiger partial charge in [-0.1, -0.05) is 44.9 Å². The summed E-state index contributed by atoms with van der Waals surface area (Å²) in [7, 11) is -2.05. The van der Waals surface area contributed by atoms with Crippen LogP contribution in [0.25, 0.3) is 0 Å². The minimum Gasteiger partial charge on any atom is -0.490 e. The van der Waals surface area contributed by atoms with E-state index in [0.717, 1.165) is 87.3 Å². The molecule has 0 amide bonds. The maximum absolute atomic E-state index is 12.1. The molecule has 1 aliphatic heterocycles. The van der Waals surface area contributed by atoms with E-state index >= 15 is 0 Å². The Labute approximate surface area is 275 Å². The Bertz CT molecular complexity index is 1410. The van der Waals surface area contributed by atoms with E-state index < -0.39 is 14.3 Å². The summed E-state index contributed by atoms with van der Waals surface area (Å²) in [4.78, 5) is 14.6. The molecule has 1 unspecified atom stereocenters. The fourth-order valence-corrected chi connectivity index (χ4v) is 9.93. The first kappa shape index (κ1) is 32.9. The van der Waals surface area contributed by atoms with Gasteiger partial charge in [0.05, 0.1) is 30.1 Å². The van der Waals surface area contributed by atoms with Crippen molar-refractivity contribution in [3.63, 3.8) is 0 Å². The molecule has 8 heteroatoms. The van der Waals surface area contributed by atoms with Crippen molar-refractivity contribution in [2.45, 2.75) is 114 Å². The number of ether oxygens (including phenoxy) is 1. The van der Waals surface area contributed by atoms with E-state index in [4.69, 9.17) is 20.8 Å². The largest absolute Gasteiger partial charge is 0.490 e. The van der Waals surface area contributed by atoms with Crippen LogP contribution in [-0.4, -0.2) is 56.4 Å². The molecule has 0 saturated heterocycles. The third-order valence-electron chi connectivity index (χ3n) is 12.0. The molecule has 246 valence electrons. The Morgan fingerprint density at radius 3 is 2.62 bits per heavy atom. The van der Waals surface area contributed by atoms with Crippen LogP contribution in [0.4, 0.5) is 5.69 Å². The molecule has 0 bridgehead atoms. The number of anilines is 1. The van der Waals surface area contributed by atoms with Gasteiger partial charge in [0.15, 0.2) is 8.32 Å². The quantitative estimate of drug-likeness (QED) is 0.292. The summed E-state index contributed by atoms with van der Waals surface area (Å²) < 4.78 is 13.9. The van der Waals surface area contributed by atoms with Gasteiger partial charge in [-0.2, -0.15) is 0 Å². The number of carboxylic acids is 1. The summed E-state index contributed by atoms with van der Waals surface area (Å²) >= 11 is 6.45. The zero-order valence-electron chi connectivity index (χ0n) is 27.8. The molecular weight excluding hydrogens is 602 g/mol. The second-order valence-corrected chi connectivity index (χ2v) is 21.2. The van der Waals surface area contributed by atoms with Gasteiger partial charge >= 0.3 is 5.97 Å². The maximum Gasteiger partial charge on any atom is 0.335 e. The van der Waals surface area contributed by atoms with Crippen molar-refractivity contribution in [2.24, 2.45) is 17.8 Å². The molecule has 2 saturated carbocycles. The van der Waals surface area contributed by atoms with Crippen molar-refractivity contribution >= 4 is 31.6 Å². The average Bonchev–Trinajstić information content (AvgIpc) is 3.11. The molecule has 1 heterocycles. The maximum atomic E-state index is 12.1.